The number of benzene rings is 2. The Labute approximate surface area is 153 Å². The van der Waals surface area contributed by atoms with Crippen molar-refractivity contribution in [3.8, 4) is 17.2 Å². The Morgan fingerprint density at radius 1 is 1.23 bits per heavy atom. The van der Waals surface area contributed by atoms with Crippen LogP contribution >= 0.6 is 0 Å². The summed E-state index contributed by atoms with van der Waals surface area (Å²) in [4.78, 5) is 11.9. The second kappa shape index (κ2) is 8.89. The number of methoxy groups -OCH3 is 1. The van der Waals surface area contributed by atoms with Crippen LogP contribution in [-0.2, 0) is 4.79 Å². The van der Waals surface area contributed by atoms with Gasteiger partial charge in [-0.05, 0) is 53.8 Å². The number of nitrogens with one attached hydrogen (secondary N) is 1. The van der Waals surface area contributed by atoms with Gasteiger partial charge in [0.15, 0.2) is 18.1 Å². The zero-order valence-electron chi connectivity index (χ0n) is 15.4. The van der Waals surface area contributed by atoms with E-state index in [4.69, 9.17) is 9.47 Å². The van der Waals surface area contributed by atoms with Crippen molar-refractivity contribution in [1.82, 2.24) is 5.43 Å². The van der Waals surface area contributed by atoms with E-state index in [9.17, 15) is 9.90 Å². The Balaban J connectivity index is 1.93. The lowest BCUT2D eigenvalue weighted by Gasteiger charge is -2.14. The number of rotatable bonds is 7. The fraction of sp³-hybridized carbons (Fsp3) is 0.300. The summed E-state index contributed by atoms with van der Waals surface area (Å²) < 4.78 is 10.7. The number of carbonyl (C=O) groups is 1. The van der Waals surface area contributed by atoms with Gasteiger partial charge in [-0.2, -0.15) is 5.10 Å². The minimum absolute atomic E-state index is 0.0428. The Morgan fingerprint density at radius 2 is 2.00 bits per heavy atom. The van der Waals surface area contributed by atoms with Gasteiger partial charge in [0.05, 0.1) is 13.3 Å². The minimum Gasteiger partial charge on any atom is -0.504 e. The fourth-order valence-corrected chi connectivity index (χ4v) is 2.37. The molecule has 1 amide bonds. The summed E-state index contributed by atoms with van der Waals surface area (Å²) in [6, 6.07) is 10.7. The standard InChI is InChI=1S/C20H24N2O4/c1-13(2)16-7-5-14(3)9-18(16)26-12-20(24)22-21-11-15-6-8-17(23)19(10-15)25-4/h5-11,13,23H,12H2,1-4H3,(H,22,24)/b21-11-. The molecule has 2 aromatic carbocycles. The fourth-order valence-electron chi connectivity index (χ4n) is 2.37. The van der Waals surface area contributed by atoms with Gasteiger partial charge < -0.3 is 14.6 Å². The molecule has 0 aliphatic carbocycles. The lowest BCUT2D eigenvalue weighted by atomic mass is 10.0. The van der Waals surface area contributed by atoms with Crippen molar-refractivity contribution >= 4 is 12.1 Å². The van der Waals surface area contributed by atoms with E-state index in [0.29, 0.717) is 23.0 Å². The number of ether oxygens (including phenoxy) is 2. The number of carbonyl (C=O) groups excluding carboxylic acids is 1. The highest BCUT2D eigenvalue weighted by Gasteiger charge is 2.10. The molecule has 0 aromatic heterocycles. The number of hydrazone groups is 1. The number of phenols is 1. The Hall–Kier alpha value is -3.02. The molecule has 26 heavy (non-hydrogen) atoms. The summed E-state index contributed by atoms with van der Waals surface area (Å²) in [5.41, 5.74) is 5.23. The quantitative estimate of drug-likeness (QED) is 0.589. The molecule has 6 nitrogen and oxygen atoms in total. The summed E-state index contributed by atoms with van der Waals surface area (Å²) in [6.45, 7) is 6.01. The predicted octanol–water partition coefficient (Wildman–Crippen LogP) is 3.36. The van der Waals surface area contributed by atoms with Gasteiger partial charge in [-0.25, -0.2) is 5.43 Å². The van der Waals surface area contributed by atoms with Gasteiger partial charge >= 0.3 is 0 Å². The topological polar surface area (TPSA) is 80.2 Å². The molecule has 138 valence electrons. The van der Waals surface area contributed by atoms with Gasteiger partial charge in [-0.3, -0.25) is 4.79 Å². The van der Waals surface area contributed by atoms with E-state index in [2.05, 4.69) is 24.4 Å². The van der Waals surface area contributed by atoms with Gasteiger partial charge in [0.1, 0.15) is 5.75 Å². The van der Waals surface area contributed by atoms with Crippen LogP contribution < -0.4 is 14.9 Å². The van der Waals surface area contributed by atoms with Crippen molar-refractivity contribution in [2.45, 2.75) is 26.7 Å². The molecule has 2 N–H and O–H groups in total. The summed E-state index contributed by atoms with van der Waals surface area (Å²) >= 11 is 0. The Kier molecular flexibility index (Phi) is 6.60. The maximum absolute atomic E-state index is 11.9. The molecule has 2 aromatic rings. The van der Waals surface area contributed by atoms with Crippen LogP contribution in [-0.4, -0.2) is 30.9 Å². The van der Waals surface area contributed by atoms with Crippen LogP contribution in [0.25, 0.3) is 0 Å². The molecule has 0 heterocycles. The van der Waals surface area contributed by atoms with Crippen LogP contribution in [0.15, 0.2) is 41.5 Å². The van der Waals surface area contributed by atoms with Crippen molar-refractivity contribution in [2.75, 3.05) is 13.7 Å². The smallest absolute Gasteiger partial charge is 0.277 e. The van der Waals surface area contributed by atoms with Crippen molar-refractivity contribution in [3.63, 3.8) is 0 Å². The van der Waals surface area contributed by atoms with Crippen LogP contribution in [0, 0.1) is 6.92 Å². The zero-order chi connectivity index (χ0) is 19.1. The number of hydrogen-bond acceptors (Lipinski definition) is 5. The molecule has 6 heteroatoms. The van der Waals surface area contributed by atoms with Gasteiger partial charge in [0, 0.05) is 0 Å². The molecular formula is C20H24N2O4. The largest absolute Gasteiger partial charge is 0.504 e. The molecule has 0 unspecified atom stereocenters. The van der Waals surface area contributed by atoms with Crippen LogP contribution in [0.3, 0.4) is 0 Å². The van der Waals surface area contributed by atoms with Crippen molar-refractivity contribution in [3.05, 3.63) is 53.1 Å². The molecule has 0 spiro atoms. The van der Waals surface area contributed by atoms with Crippen molar-refractivity contribution in [2.24, 2.45) is 5.10 Å². The number of aromatic hydroxyl groups is 1. The van der Waals surface area contributed by atoms with Crippen LogP contribution in [0.2, 0.25) is 0 Å². The van der Waals surface area contributed by atoms with E-state index < -0.39 is 0 Å². The molecule has 0 fully saturated rings. The first kappa shape index (κ1) is 19.3. The predicted molar refractivity (Wildman–Crippen MR) is 101 cm³/mol. The first-order valence-electron chi connectivity index (χ1n) is 8.33. The Bertz CT molecular complexity index is 800. The summed E-state index contributed by atoms with van der Waals surface area (Å²) in [5.74, 6) is 1.03. The van der Waals surface area contributed by atoms with E-state index in [1.165, 1.54) is 19.4 Å². The third-order valence-corrected chi connectivity index (χ3v) is 3.76. The van der Waals surface area contributed by atoms with E-state index in [1.807, 2.05) is 25.1 Å². The number of amides is 1. The first-order chi connectivity index (χ1) is 12.4. The van der Waals surface area contributed by atoms with Crippen molar-refractivity contribution < 1.29 is 19.4 Å². The normalized spacial score (nSPS) is 11.0. The van der Waals surface area contributed by atoms with Crippen LogP contribution in [0.4, 0.5) is 0 Å². The van der Waals surface area contributed by atoms with Crippen LogP contribution in [0.5, 0.6) is 17.2 Å². The number of nitrogens with zero attached hydrogens (tertiary/aromatic N) is 1. The Morgan fingerprint density at radius 3 is 2.69 bits per heavy atom. The first-order valence-corrected chi connectivity index (χ1v) is 8.33. The second-order valence-electron chi connectivity index (χ2n) is 6.21. The molecule has 2 rings (SSSR count). The third kappa shape index (κ3) is 5.24. The number of aryl methyl sites for hydroxylation is 1. The summed E-state index contributed by atoms with van der Waals surface area (Å²) in [6.07, 6.45) is 1.46. The molecule has 0 saturated heterocycles. The highest BCUT2D eigenvalue weighted by atomic mass is 16.5. The summed E-state index contributed by atoms with van der Waals surface area (Å²) in [5, 5.41) is 13.4. The minimum atomic E-state index is -0.358. The SMILES string of the molecule is COc1cc(/C=N\NC(=O)COc2cc(C)ccc2C(C)C)ccc1O. The number of hydrogen-bond donors (Lipinski definition) is 2. The summed E-state index contributed by atoms with van der Waals surface area (Å²) in [7, 11) is 1.46. The molecular weight excluding hydrogens is 332 g/mol. The van der Waals surface area contributed by atoms with Gasteiger partial charge in [0.25, 0.3) is 5.91 Å². The molecule has 0 bridgehead atoms. The number of phenolic OH excluding ortho intramolecular Hbond substituents is 1. The average molecular weight is 356 g/mol. The lowest BCUT2D eigenvalue weighted by molar-refractivity contribution is -0.123. The maximum Gasteiger partial charge on any atom is 0.277 e. The molecule has 0 aliphatic rings. The van der Waals surface area contributed by atoms with E-state index in [0.717, 1.165) is 11.1 Å². The zero-order valence-corrected chi connectivity index (χ0v) is 15.4. The lowest BCUT2D eigenvalue weighted by Crippen LogP contribution is -2.25. The monoisotopic (exact) mass is 356 g/mol. The molecule has 0 radical (unpaired) electrons. The van der Waals surface area contributed by atoms with Gasteiger partial charge in [-0.15, -0.1) is 0 Å². The highest BCUT2D eigenvalue weighted by Crippen LogP contribution is 2.27. The van der Waals surface area contributed by atoms with Gasteiger partial charge in [-0.1, -0.05) is 26.0 Å². The van der Waals surface area contributed by atoms with Crippen LogP contribution in [0.1, 0.15) is 36.5 Å². The highest BCUT2D eigenvalue weighted by molar-refractivity contribution is 5.83. The van der Waals surface area contributed by atoms with Crippen molar-refractivity contribution in [1.29, 1.82) is 0 Å². The third-order valence-electron chi connectivity index (χ3n) is 3.76. The van der Waals surface area contributed by atoms with E-state index in [1.54, 1.807) is 12.1 Å². The van der Waals surface area contributed by atoms with E-state index in [-0.39, 0.29) is 18.3 Å². The second-order valence-corrected chi connectivity index (χ2v) is 6.21. The average Bonchev–Trinajstić information content (AvgIpc) is 2.61. The van der Waals surface area contributed by atoms with Gasteiger partial charge in [0.2, 0.25) is 0 Å². The molecule has 0 saturated carbocycles. The maximum atomic E-state index is 11.9. The molecule has 0 aliphatic heterocycles. The van der Waals surface area contributed by atoms with E-state index >= 15 is 0 Å². The molecule has 0 atom stereocenters.